The Labute approximate surface area is 173 Å². The van der Waals surface area contributed by atoms with Crippen molar-refractivity contribution in [3.8, 4) is 5.75 Å². The second-order valence-electron chi connectivity index (χ2n) is 6.09. The van der Waals surface area contributed by atoms with E-state index in [0.29, 0.717) is 6.54 Å². The summed E-state index contributed by atoms with van der Waals surface area (Å²) in [6, 6.07) is 13.6. The molecule has 3 rings (SSSR count). The summed E-state index contributed by atoms with van der Waals surface area (Å²) in [7, 11) is 1.40. The number of benzene rings is 2. The maximum absolute atomic E-state index is 12.6. The Morgan fingerprint density at radius 2 is 1.73 bits per heavy atom. The van der Waals surface area contributed by atoms with Crippen LogP contribution < -0.4 is 27.5 Å². The number of nitrogens with two attached hydrogens (primary N) is 1. The third kappa shape index (κ3) is 4.88. The zero-order valence-corrected chi connectivity index (χ0v) is 17.0. The first kappa shape index (κ1) is 22.3. The smallest absolute Gasteiger partial charge is 0.290 e. The van der Waals surface area contributed by atoms with Gasteiger partial charge in [-0.25, -0.2) is 0 Å². The number of aromatic nitrogens is 2. The van der Waals surface area contributed by atoms with Crippen molar-refractivity contribution in [1.82, 2.24) is 9.78 Å². The van der Waals surface area contributed by atoms with Crippen LogP contribution in [0.4, 0.5) is 17.1 Å². The van der Waals surface area contributed by atoms with Crippen molar-refractivity contribution >= 4 is 23.0 Å². The van der Waals surface area contributed by atoms with E-state index in [-0.39, 0.29) is 22.6 Å². The lowest BCUT2D eigenvalue weighted by atomic mass is 10.1. The van der Waals surface area contributed by atoms with E-state index < -0.39 is 22.8 Å². The van der Waals surface area contributed by atoms with Crippen LogP contribution in [0.25, 0.3) is 0 Å². The Bertz CT molecular complexity index is 1140. The number of carbonyl (C=O) groups excluding carboxylic acids is 1. The number of H-pyrrole nitrogens is 1. The zero-order chi connectivity index (χ0) is 22.3. The number of rotatable bonds is 6. The first-order valence-electron chi connectivity index (χ1n) is 9.38. The number of aromatic hydroxyl groups is 1. The fourth-order valence-corrected chi connectivity index (χ4v) is 2.70. The Kier molecular flexibility index (Phi) is 7.40. The molecular formula is C21H25N5O4. The maximum Gasteiger partial charge on any atom is 0.290 e. The van der Waals surface area contributed by atoms with Gasteiger partial charge in [-0.1, -0.05) is 50.2 Å². The van der Waals surface area contributed by atoms with Gasteiger partial charge in [0.2, 0.25) is 0 Å². The van der Waals surface area contributed by atoms with Crippen molar-refractivity contribution in [2.24, 2.45) is 12.8 Å². The molecule has 0 unspecified atom stereocenters. The highest BCUT2D eigenvalue weighted by molar-refractivity contribution is 5.98. The monoisotopic (exact) mass is 411 g/mol. The Hall–Kier alpha value is -4.01. The van der Waals surface area contributed by atoms with E-state index in [9.17, 15) is 19.5 Å². The molecular weight excluding hydrogens is 386 g/mol. The molecule has 9 heteroatoms. The molecule has 0 atom stereocenters. The summed E-state index contributed by atoms with van der Waals surface area (Å²) < 4.78 is 1.02. The molecule has 1 amide bonds. The highest BCUT2D eigenvalue weighted by Crippen LogP contribution is 2.30. The van der Waals surface area contributed by atoms with E-state index >= 15 is 0 Å². The van der Waals surface area contributed by atoms with Crippen LogP contribution in [0.2, 0.25) is 0 Å². The Morgan fingerprint density at radius 3 is 2.37 bits per heavy atom. The number of aromatic amines is 1. The summed E-state index contributed by atoms with van der Waals surface area (Å²) in [6.07, 6.45) is 0. The molecule has 3 aromatic rings. The van der Waals surface area contributed by atoms with E-state index in [0.717, 1.165) is 10.2 Å². The van der Waals surface area contributed by atoms with Crippen molar-refractivity contribution < 1.29 is 9.90 Å². The van der Waals surface area contributed by atoms with Gasteiger partial charge in [0.1, 0.15) is 11.4 Å². The molecule has 0 aliphatic rings. The fourth-order valence-electron chi connectivity index (χ4n) is 2.70. The predicted molar refractivity (Wildman–Crippen MR) is 117 cm³/mol. The standard InChI is InChI=1S/C19H19N5O4.C2H6/c1-24-19(28)15(22-13-9-5-8-12(16(13)25)17(20)26)14(18(27)23-24)21-10-11-6-3-2-4-7-11;1-2/h2-9,21-22,25H,10H2,1H3,(H2,20,26)(H,23,27);1-2H3. The minimum Gasteiger partial charge on any atom is -0.505 e. The van der Waals surface area contributed by atoms with Gasteiger partial charge in [0.15, 0.2) is 5.75 Å². The van der Waals surface area contributed by atoms with E-state index in [2.05, 4.69) is 15.7 Å². The highest BCUT2D eigenvalue weighted by atomic mass is 16.3. The van der Waals surface area contributed by atoms with E-state index in [1.54, 1.807) is 0 Å². The molecule has 9 nitrogen and oxygen atoms in total. The molecule has 6 N–H and O–H groups in total. The van der Waals surface area contributed by atoms with Gasteiger partial charge in [-0.2, -0.15) is 0 Å². The van der Waals surface area contributed by atoms with Gasteiger partial charge >= 0.3 is 0 Å². The fraction of sp³-hybridized carbons (Fsp3) is 0.190. The van der Waals surface area contributed by atoms with Crippen LogP contribution in [-0.2, 0) is 13.6 Å². The van der Waals surface area contributed by atoms with Gasteiger partial charge in [-0.05, 0) is 17.7 Å². The molecule has 0 spiro atoms. The van der Waals surface area contributed by atoms with Crippen molar-refractivity contribution in [1.29, 1.82) is 0 Å². The third-order valence-electron chi connectivity index (χ3n) is 4.14. The van der Waals surface area contributed by atoms with Gasteiger partial charge in [0.05, 0.1) is 11.3 Å². The molecule has 2 aromatic carbocycles. The van der Waals surface area contributed by atoms with Crippen molar-refractivity contribution in [3.05, 3.63) is 80.4 Å². The van der Waals surface area contributed by atoms with E-state index in [1.807, 2.05) is 44.2 Å². The van der Waals surface area contributed by atoms with Crippen LogP contribution in [0.15, 0.2) is 58.1 Å². The first-order chi connectivity index (χ1) is 14.4. The molecule has 0 radical (unpaired) electrons. The van der Waals surface area contributed by atoms with Crippen LogP contribution in [0.5, 0.6) is 5.75 Å². The molecule has 30 heavy (non-hydrogen) atoms. The van der Waals surface area contributed by atoms with Gasteiger partial charge in [0, 0.05) is 13.6 Å². The maximum atomic E-state index is 12.6. The number of para-hydroxylation sites is 1. The van der Waals surface area contributed by atoms with Crippen LogP contribution in [0, 0.1) is 0 Å². The number of hydrogen-bond donors (Lipinski definition) is 5. The minimum absolute atomic E-state index is 0.0100. The third-order valence-corrected chi connectivity index (χ3v) is 4.14. The zero-order valence-electron chi connectivity index (χ0n) is 17.0. The second-order valence-corrected chi connectivity index (χ2v) is 6.09. The summed E-state index contributed by atoms with van der Waals surface area (Å²) in [4.78, 5) is 36.5. The largest absolute Gasteiger partial charge is 0.505 e. The number of carbonyl (C=O) groups is 1. The van der Waals surface area contributed by atoms with Gasteiger partial charge in [-0.3, -0.25) is 24.2 Å². The lowest BCUT2D eigenvalue weighted by molar-refractivity contribution is 0.0998. The SMILES string of the molecule is CC.Cn1[nH]c(=O)c(NCc2ccccc2)c(Nc2cccc(C(N)=O)c2O)c1=O. The summed E-state index contributed by atoms with van der Waals surface area (Å²) in [5, 5.41) is 18.4. The number of nitrogens with zero attached hydrogens (tertiary/aromatic N) is 1. The average molecular weight is 411 g/mol. The molecule has 0 fully saturated rings. The highest BCUT2D eigenvalue weighted by Gasteiger charge is 2.17. The van der Waals surface area contributed by atoms with Crippen LogP contribution in [0.1, 0.15) is 29.8 Å². The Balaban J connectivity index is 0.00000155. The van der Waals surface area contributed by atoms with Crippen LogP contribution >= 0.6 is 0 Å². The molecule has 0 saturated carbocycles. The molecule has 158 valence electrons. The molecule has 0 aliphatic carbocycles. The number of aryl methyl sites for hydroxylation is 1. The lowest BCUT2D eigenvalue weighted by Crippen LogP contribution is -2.31. The quantitative estimate of drug-likeness (QED) is 0.394. The molecule has 0 aliphatic heterocycles. The molecule has 0 bridgehead atoms. The lowest BCUT2D eigenvalue weighted by Gasteiger charge is -2.15. The van der Waals surface area contributed by atoms with Crippen molar-refractivity contribution in [2.45, 2.75) is 20.4 Å². The number of primary amides is 1. The number of phenols is 1. The minimum atomic E-state index is -0.817. The second kappa shape index (κ2) is 9.97. The summed E-state index contributed by atoms with van der Waals surface area (Å²) >= 11 is 0. The number of hydrogen-bond acceptors (Lipinski definition) is 6. The topological polar surface area (TPSA) is 142 Å². The van der Waals surface area contributed by atoms with Gasteiger partial charge < -0.3 is 21.5 Å². The normalized spacial score (nSPS) is 9.97. The summed E-state index contributed by atoms with van der Waals surface area (Å²) in [5.74, 6) is -1.23. The molecule has 1 heterocycles. The van der Waals surface area contributed by atoms with Crippen molar-refractivity contribution in [2.75, 3.05) is 10.6 Å². The summed E-state index contributed by atoms with van der Waals surface area (Å²) in [6.45, 7) is 4.30. The van der Waals surface area contributed by atoms with Crippen LogP contribution in [-0.4, -0.2) is 20.8 Å². The van der Waals surface area contributed by atoms with Crippen LogP contribution in [0.3, 0.4) is 0 Å². The van der Waals surface area contributed by atoms with Gasteiger partial charge in [0.25, 0.3) is 17.0 Å². The number of nitrogens with one attached hydrogen (secondary N) is 3. The first-order valence-corrected chi connectivity index (χ1v) is 9.38. The van der Waals surface area contributed by atoms with E-state index in [4.69, 9.17) is 5.73 Å². The predicted octanol–water partition coefficient (Wildman–Crippen LogP) is 2.26. The summed E-state index contributed by atoms with van der Waals surface area (Å²) in [5.41, 5.74) is 5.00. The average Bonchev–Trinajstić information content (AvgIpc) is 2.74. The van der Waals surface area contributed by atoms with E-state index in [1.165, 1.54) is 25.2 Å². The van der Waals surface area contributed by atoms with Gasteiger partial charge in [-0.15, -0.1) is 0 Å². The molecule has 0 saturated heterocycles. The number of amides is 1. The van der Waals surface area contributed by atoms with Crippen molar-refractivity contribution in [3.63, 3.8) is 0 Å². The molecule has 1 aromatic heterocycles. The number of anilines is 3. The Morgan fingerprint density at radius 1 is 1.07 bits per heavy atom.